The molecule has 0 radical (unpaired) electrons. The van der Waals surface area contributed by atoms with Crippen LogP contribution in [0.25, 0.3) is 5.69 Å². The van der Waals surface area contributed by atoms with Crippen molar-refractivity contribution < 1.29 is 18.3 Å². The van der Waals surface area contributed by atoms with Crippen LogP contribution in [0.15, 0.2) is 76.7 Å². The molecule has 2 aliphatic rings. The summed E-state index contributed by atoms with van der Waals surface area (Å²) in [4.78, 5) is 19.8. The first-order valence-corrected chi connectivity index (χ1v) is 18.6. The summed E-state index contributed by atoms with van der Waals surface area (Å²) in [5.74, 6) is 1.92. The lowest BCUT2D eigenvalue weighted by Gasteiger charge is -2.27. The zero-order chi connectivity index (χ0) is 33.5. The number of rotatable bonds is 14. The number of aryl methyl sites for hydroxylation is 2. The molecule has 6 N–H and O–H groups in total. The summed E-state index contributed by atoms with van der Waals surface area (Å²) in [5.41, 5.74) is 8.91. The number of ether oxygens (including phenoxy) is 1. The van der Waals surface area contributed by atoms with Gasteiger partial charge in [0.25, 0.3) is 10.0 Å². The molecule has 2 aromatic heterocycles. The maximum absolute atomic E-state index is 13.3. The minimum absolute atomic E-state index is 0.108. The van der Waals surface area contributed by atoms with Crippen molar-refractivity contribution >= 4 is 21.5 Å². The second-order valence-electron chi connectivity index (χ2n) is 13.1. The van der Waals surface area contributed by atoms with Crippen molar-refractivity contribution in [2.24, 2.45) is 5.92 Å². The number of hydrogen-bond donors (Lipinski definition) is 5. The van der Waals surface area contributed by atoms with E-state index >= 15 is 0 Å². The van der Waals surface area contributed by atoms with E-state index in [0.29, 0.717) is 54.4 Å². The maximum atomic E-state index is 13.3. The van der Waals surface area contributed by atoms with E-state index in [-0.39, 0.29) is 16.7 Å². The van der Waals surface area contributed by atoms with E-state index in [2.05, 4.69) is 20.0 Å². The highest BCUT2D eigenvalue weighted by Crippen LogP contribution is 2.31. The third kappa shape index (κ3) is 8.66. The molecule has 4 aromatic rings. The van der Waals surface area contributed by atoms with Gasteiger partial charge in [-0.1, -0.05) is 51.0 Å². The van der Waals surface area contributed by atoms with Gasteiger partial charge in [0, 0.05) is 42.4 Å². The van der Waals surface area contributed by atoms with Crippen molar-refractivity contribution in [2.45, 2.75) is 87.7 Å². The highest BCUT2D eigenvalue weighted by atomic mass is 32.2. The summed E-state index contributed by atoms with van der Waals surface area (Å²) in [5, 5.41) is 13.6. The molecular formula is C36H46N6O5S. The molecule has 6 rings (SSSR count). The van der Waals surface area contributed by atoms with Crippen LogP contribution in [-0.4, -0.2) is 47.3 Å². The van der Waals surface area contributed by atoms with Crippen LogP contribution in [0.1, 0.15) is 80.7 Å². The Balaban J connectivity index is 0.991. The molecule has 0 saturated heterocycles. The SMILES string of the molecule is Nc1ccc(C(O)CNCC2CCc3cc(S(=O)(=O)Nc4ccc(-n5cc(CCCCC6CCCCC6)[nH]c5=O)cc4)ccc3O2)cn1. The van der Waals surface area contributed by atoms with E-state index in [1.54, 1.807) is 65.4 Å². The predicted octanol–water partition coefficient (Wildman–Crippen LogP) is 5.25. The van der Waals surface area contributed by atoms with Gasteiger partial charge in [-0.25, -0.2) is 18.2 Å². The third-order valence-electron chi connectivity index (χ3n) is 9.48. The van der Waals surface area contributed by atoms with E-state index in [9.17, 15) is 18.3 Å². The summed E-state index contributed by atoms with van der Waals surface area (Å²) in [7, 11) is -3.85. The van der Waals surface area contributed by atoms with Gasteiger partial charge in [-0.2, -0.15) is 0 Å². The summed E-state index contributed by atoms with van der Waals surface area (Å²) < 4.78 is 36.9. The Morgan fingerprint density at radius 2 is 1.85 bits per heavy atom. The zero-order valence-electron chi connectivity index (χ0n) is 27.2. The molecule has 1 aliphatic carbocycles. The average molecular weight is 675 g/mol. The van der Waals surface area contributed by atoms with Crippen LogP contribution in [-0.2, 0) is 22.9 Å². The summed E-state index contributed by atoms with van der Waals surface area (Å²) in [6.07, 6.45) is 15.1. The predicted molar refractivity (Wildman–Crippen MR) is 187 cm³/mol. The van der Waals surface area contributed by atoms with Crippen LogP contribution >= 0.6 is 0 Å². The largest absolute Gasteiger partial charge is 0.489 e. The molecule has 1 fully saturated rings. The number of nitrogens with zero attached hydrogens (tertiary/aromatic N) is 2. The second-order valence-corrected chi connectivity index (χ2v) is 14.8. The van der Waals surface area contributed by atoms with Gasteiger partial charge in [0.1, 0.15) is 17.7 Å². The van der Waals surface area contributed by atoms with Crippen LogP contribution < -0.4 is 26.2 Å². The number of imidazole rings is 1. The van der Waals surface area contributed by atoms with Crippen LogP contribution in [0, 0.1) is 5.92 Å². The minimum atomic E-state index is -3.85. The highest BCUT2D eigenvalue weighted by molar-refractivity contribution is 7.92. The van der Waals surface area contributed by atoms with Crippen molar-refractivity contribution in [1.82, 2.24) is 19.9 Å². The molecule has 11 nitrogen and oxygen atoms in total. The van der Waals surface area contributed by atoms with Crippen LogP contribution in [0.4, 0.5) is 11.5 Å². The molecule has 12 heteroatoms. The number of aliphatic hydroxyl groups excluding tert-OH is 1. The third-order valence-corrected chi connectivity index (χ3v) is 10.9. The molecule has 3 heterocycles. The van der Waals surface area contributed by atoms with E-state index < -0.39 is 16.1 Å². The smallest absolute Gasteiger partial charge is 0.330 e. The molecule has 1 aliphatic heterocycles. The van der Waals surface area contributed by atoms with Gasteiger partial charge in [0.2, 0.25) is 0 Å². The number of nitrogen functional groups attached to an aromatic ring is 1. The van der Waals surface area contributed by atoms with E-state index in [1.165, 1.54) is 44.9 Å². The fourth-order valence-electron chi connectivity index (χ4n) is 6.74. The molecule has 256 valence electrons. The van der Waals surface area contributed by atoms with Crippen molar-refractivity contribution in [3.63, 3.8) is 0 Å². The number of benzene rings is 2. The first-order valence-electron chi connectivity index (χ1n) is 17.1. The first-order chi connectivity index (χ1) is 23.2. The molecule has 0 spiro atoms. The number of aliphatic hydroxyl groups is 1. The number of hydrogen-bond acceptors (Lipinski definition) is 8. The molecule has 2 aromatic carbocycles. The number of anilines is 2. The van der Waals surface area contributed by atoms with E-state index in [0.717, 1.165) is 30.0 Å². The molecule has 48 heavy (non-hydrogen) atoms. The lowest BCUT2D eigenvalue weighted by Crippen LogP contribution is -2.36. The number of aromatic amines is 1. The van der Waals surface area contributed by atoms with Crippen molar-refractivity contribution in [3.8, 4) is 11.4 Å². The number of unbranched alkanes of at least 4 members (excludes halogenated alkanes) is 1. The number of sulfonamides is 1. The lowest BCUT2D eigenvalue weighted by atomic mass is 9.85. The zero-order valence-corrected chi connectivity index (χ0v) is 28.1. The first kappa shape index (κ1) is 33.8. The van der Waals surface area contributed by atoms with Crippen LogP contribution in [0.3, 0.4) is 0 Å². The van der Waals surface area contributed by atoms with Crippen molar-refractivity contribution in [2.75, 3.05) is 23.5 Å². The average Bonchev–Trinajstić information content (AvgIpc) is 3.47. The van der Waals surface area contributed by atoms with Gasteiger partial charge in [0.05, 0.1) is 16.7 Å². The van der Waals surface area contributed by atoms with Crippen LogP contribution in [0.2, 0.25) is 0 Å². The lowest BCUT2D eigenvalue weighted by molar-refractivity contribution is 0.146. The Bertz CT molecular complexity index is 1810. The van der Waals surface area contributed by atoms with E-state index in [4.69, 9.17) is 10.5 Å². The Hall–Kier alpha value is -4.13. The van der Waals surface area contributed by atoms with Gasteiger partial charge >= 0.3 is 5.69 Å². The topological polar surface area (TPSA) is 164 Å². The Kier molecular flexibility index (Phi) is 10.8. The summed E-state index contributed by atoms with van der Waals surface area (Å²) in [6.45, 7) is 0.874. The molecule has 2 atom stereocenters. The van der Waals surface area contributed by atoms with Gasteiger partial charge in [-0.05, 0) is 85.7 Å². The Morgan fingerprint density at radius 3 is 2.62 bits per heavy atom. The summed E-state index contributed by atoms with van der Waals surface area (Å²) >= 11 is 0. The molecular weight excluding hydrogens is 629 g/mol. The number of fused-ring (bicyclic) bond motifs is 1. The standard InChI is InChI=1S/C36H46N6O5S/c37-35-19-11-27(21-39-35)33(43)23-38-22-31-16-10-26-20-32(17-18-34(26)47-31)48(45,46)41-28-12-14-30(15-13-28)42-24-29(40-36(42)44)9-5-4-8-25-6-2-1-3-7-25/h11-15,17-21,24-25,31,33,38,41,43H,1-10,16,22-23H2,(H2,37,39)(H,40,44). The minimum Gasteiger partial charge on any atom is -0.489 e. The van der Waals surface area contributed by atoms with Gasteiger partial charge in [-0.15, -0.1) is 0 Å². The molecule has 0 amide bonds. The van der Waals surface area contributed by atoms with Crippen LogP contribution in [0.5, 0.6) is 5.75 Å². The molecule has 2 unspecified atom stereocenters. The number of aromatic nitrogens is 3. The number of nitrogens with one attached hydrogen (secondary N) is 3. The Labute approximate surface area is 282 Å². The molecule has 0 bridgehead atoms. The fraction of sp³-hybridized carbons (Fsp3) is 0.444. The van der Waals surface area contributed by atoms with Gasteiger partial charge in [-0.3, -0.25) is 9.29 Å². The van der Waals surface area contributed by atoms with Gasteiger partial charge in [0.15, 0.2) is 0 Å². The molecule has 1 saturated carbocycles. The van der Waals surface area contributed by atoms with E-state index in [1.807, 2.05) is 6.20 Å². The summed E-state index contributed by atoms with van der Waals surface area (Å²) in [6, 6.07) is 15.1. The fourth-order valence-corrected chi connectivity index (χ4v) is 7.85. The number of pyridine rings is 1. The maximum Gasteiger partial charge on any atom is 0.330 e. The van der Waals surface area contributed by atoms with Crippen molar-refractivity contribution in [3.05, 3.63) is 94.3 Å². The second kappa shape index (κ2) is 15.4. The van der Waals surface area contributed by atoms with Crippen molar-refractivity contribution in [1.29, 1.82) is 0 Å². The Morgan fingerprint density at radius 1 is 1.04 bits per heavy atom. The number of nitrogens with two attached hydrogens (primary N) is 1. The van der Waals surface area contributed by atoms with Gasteiger partial charge < -0.3 is 25.9 Å². The normalized spacial score (nSPS) is 17.4. The highest BCUT2D eigenvalue weighted by Gasteiger charge is 2.23. The monoisotopic (exact) mass is 674 g/mol. The quantitative estimate of drug-likeness (QED) is 0.113. The number of H-pyrrole nitrogens is 1.